The maximum absolute atomic E-state index is 6.04. The fourth-order valence-corrected chi connectivity index (χ4v) is 2.49. The molecule has 1 aromatic heterocycles. The molecule has 4 nitrogen and oxygen atoms in total. The van der Waals surface area contributed by atoms with E-state index in [4.69, 9.17) is 15.0 Å². The van der Waals surface area contributed by atoms with Gasteiger partial charge in [0.15, 0.2) is 0 Å². The van der Waals surface area contributed by atoms with Crippen molar-refractivity contribution >= 4 is 18.5 Å². The first-order chi connectivity index (χ1) is 9.27. The lowest BCUT2D eigenvalue weighted by atomic mass is 9.83. The van der Waals surface area contributed by atoms with Gasteiger partial charge in [0.05, 0.1) is 16.8 Å². The van der Waals surface area contributed by atoms with Crippen molar-refractivity contribution in [3.05, 3.63) is 17.7 Å². The van der Waals surface area contributed by atoms with Crippen LogP contribution in [0.15, 0.2) is 12.1 Å². The smallest absolute Gasteiger partial charge is 0.398 e. The fourth-order valence-electron chi connectivity index (χ4n) is 2.49. The Morgan fingerprint density at radius 2 is 1.80 bits per heavy atom. The molecule has 2 aliphatic rings. The minimum Gasteiger partial charge on any atom is -0.398 e. The van der Waals surface area contributed by atoms with Gasteiger partial charge in [-0.05, 0) is 70.6 Å². The molecule has 2 fully saturated rings. The van der Waals surface area contributed by atoms with Gasteiger partial charge in [0.25, 0.3) is 0 Å². The summed E-state index contributed by atoms with van der Waals surface area (Å²) in [6, 6.07) is 4.05. The highest BCUT2D eigenvalue weighted by molar-refractivity contribution is 6.61. The molecule has 1 aliphatic carbocycles. The van der Waals surface area contributed by atoms with E-state index in [0.717, 1.165) is 17.9 Å². The van der Waals surface area contributed by atoms with Crippen molar-refractivity contribution in [3.8, 4) is 0 Å². The molecular weight excluding hydrogens is 251 g/mol. The summed E-state index contributed by atoms with van der Waals surface area (Å²) in [5.74, 6) is 1.37. The minimum atomic E-state index is -0.429. The van der Waals surface area contributed by atoms with Crippen molar-refractivity contribution in [1.82, 2.24) is 4.98 Å². The van der Waals surface area contributed by atoms with E-state index in [1.165, 1.54) is 18.4 Å². The van der Waals surface area contributed by atoms with Gasteiger partial charge in [-0.3, -0.25) is 0 Å². The molecule has 0 amide bonds. The Bertz CT molecular complexity index is 511. The third-order valence-electron chi connectivity index (χ3n) is 4.64. The van der Waals surface area contributed by atoms with Crippen LogP contribution in [0.25, 0.3) is 0 Å². The van der Waals surface area contributed by atoms with Gasteiger partial charge in [-0.25, -0.2) is 4.98 Å². The van der Waals surface area contributed by atoms with Crippen molar-refractivity contribution in [2.75, 3.05) is 5.73 Å². The van der Waals surface area contributed by atoms with Crippen LogP contribution < -0.4 is 11.3 Å². The zero-order valence-electron chi connectivity index (χ0n) is 12.8. The van der Waals surface area contributed by atoms with Crippen LogP contribution in [0.1, 0.15) is 46.1 Å². The zero-order valence-corrected chi connectivity index (χ0v) is 12.8. The van der Waals surface area contributed by atoms with Gasteiger partial charge >= 0.3 is 7.12 Å². The summed E-state index contributed by atoms with van der Waals surface area (Å²) in [6.07, 6.45) is 3.74. The highest BCUT2D eigenvalue weighted by Gasteiger charge is 2.52. The largest absolute Gasteiger partial charge is 0.514 e. The molecule has 2 heterocycles. The van der Waals surface area contributed by atoms with Gasteiger partial charge in [-0.2, -0.15) is 0 Å². The zero-order chi connectivity index (χ0) is 14.5. The molecule has 0 spiro atoms. The molecule has 0 bridgehead atoms. The molecule has 3 rings (SSSR count). The van der Waals surface area contributed by atoms with Crippen molar-refractivity contribution in [2.24, 2.45) is 5.92 Å². The van der Waals surface area contributed by atoms with Gasteiger partial charge in [-0.15, -0.1) is 0 Å². The molecule has 0 radical (unpaired) electrons. The van der Waals surface area contributed by atoms with Crippen LogP contribution >= 0.6 is 0 Å². The number of hydrogen-bond acceptors (Lipinski definition) is 4. The highest BCUT2D eigenvalue weighted by Crippen LogP contribution is 2.37. The van der Waals surface area contributed by atoms with Gasteiger partial charge < -0.3 is 15.0 Å². The molecule has 1 saturated carbocycles. The quantitative estimate of drug-likeness (QED) is 0.855. The summed E-state index contributed by atoms with van der Waals surface area (Å²) in [4.78, 5) is 4.40. The summed E-state index contributed by atoms with van der Waals surface area (Å²) >= 11 is 0. The van der Waals surface area contributed by atoms with Crippen LogP contribution in [0.2, 0.25) is 0 Å². The van der Waals surface area contributed by atoms with Crippen LogP contribution in [0.3, 0.4) is 0 Å². The number of nitrogens with two attached hydrogens (primary N) is 1. The average molecular weight is 274 g/mol. The van der Waals surface area contributed by atoms with E-state index in [1.54, 1.807) is 0 Å². The van der Waals surface area contributed by atoms with Crippen molar-refractivity contribution in [3.63, 3.8) is 0 Å². The second-order valence-electron chi connectivity index (χ2n) is 7.06. The molecule has 0 atom stereocenters. The van der Waals surface area contributed by atoms with E-state index >= 15 is 0 Å². The Hall–Kier alpha value is -1.07. The number of nitrogen functional groups attached to an aromatic ring is 1. The topological polar surface area (TPSA) is 57.4 Å². The first-order valence-corrected chi connectivity index (χ1v) is 7.39. The molecule has 108 valence electrons. The summed E-state index contributed by atoms with van der Waals surface area (Å²) in [5, 5.41) is 0. The number of pyridine rings is 1. The average Bonchev–Trinajstić information content (AvgIpc) is 3.06. The lowest BCUT2D eigenvalue weighted by Crippen LogP contribution is -2.41. The molecule has 1 saturated heterocycles. The van der Waals surface area contributed by atoms with Crippen LogP contribution in [-0.2, 0) is 15.7 Å². The van der Waals surface area contributed by atoms with Gasteiger partial charge in [0, 0.05) is 0 Å². The molecule has 0 unspecified atom stereocenters. The van der Waals surface area contributed by atoms with E-state index in [2.05, 4.69) is 11.1 Å². The maximum atomic E-state index is 6.04. The van der Waals surface area contributed by atoms with Gasteiger partial charge in [0.2, 0.25) is 0 Å². The standard InChI is InChI=1S/C15H23BN2O2/c1-14(2)15(3,4)20-16(19-14)12-8-11(7-10-5-6-10)9-13(17)18-12/h8-10H,5-7H2,1-4H3,(H2,17,18). The Balaban J connectivity index is 1.85. The summed E-state index contributed by atoms with van der Waals surface area (Å²) in [5.41, 5.74) is 7.27. The third kappa shape index (κ3) is 2.57. The second kappa shape index (κ2) is 4.47. The van der Waals surface area contributed by atoms with E-state index in [9.17, 15) is 0 Å². The van der Waals surface area contributed by atoms with Gasteiger partial charge in [-0.1, -0.05) is 0 Å². The first kappa shape index (κ1) is 13.9. The lowest BCUT2D eigenvalue weighted by Gasteiger charge is -2.32. The Morgan fingerprint density at radius 3 is 2.35 bits per heavy atom. The normalized spacial score (nSPS) is 24.1. The molecular formula is C15H23BN2O2. The maximum Gasteiger partial charge on any atom is 0.514 e. The lowest BCUT2D eigenvalue weighted by molar-refractivity contribution is 0.00578. The Morgan fingerprint density at radius 1 is 1.20 bits per heavy atom. The number of anilines is 1. The molecule has 1 aliphatic heterocycles. The number of nitrogens with zero attached hydrogens (tertiary/aromatic N) is 1. The third-order valence-corrected chi connectivity index (χ3v) is 4.64. The minimum absolute atomic E-state index is 0.347. The van der Waals surface area contributed by atoms with E-state index < -0.39 is 7.12 Å². The molecule has 5 heteroatoms. The highest BCUT2D eigenvalue weighted by atomic mass is 16.7. The number of rotatable bonds is 3. The molecule has 20 heavy (non-hydrogen) atoms. The Kier molecular flexibility index (Phi) is 3.10. The van der Waals surface area contributed by atoms with E-state index in [-0.39, 0.29) is 11.2 Å². The molecule has 2 N–H and O–H groups in total. The molecule has 1 aromatic rings. The van der Waals surface area contributed by atoms with Crippen LogP contribution in [-0.4, -0.2) is 23.3 Å². The first-order valence-electron chi connectivity index (χ1n) is 7.39. The van der Waals surface area contributed by atoms with E-state index in [1.807, 2.05) is 33.8 Å². The van der Waals surface area contributed by atoms with E-state index in [0.29, 0.717) is 5.82 Å². The van der Waals surface area contributed by atoms with Crippen molar-refractivity contribution in [2.45, 2.75) is 58.2 Å². The Labute approximate surface area is 121 Å². The van der Waals surface area contributed by atoms with Crippen LogP contribution in [0.5, 0.6) is 0 Å². The predicted octanol–water partition coefficient (Wildman–Crippen LogP) is 1.92. The monoisotopic (exact) mass is 274 g/mol. The van der Waals surface area contributed by atoms with Gasteiger partial charge in [0.1, 0.15) is 5.82 Å². The summed E-state index contributed by atoms with van der Waals surface area (Å²) in [7, 11) is -0.429. The van der Waals surface area contributed by atoms with Crippen LogP contribution in [0, 0.1) is 5.92 Å². The fraction of sp³-hybridized carbons (Fsp3) is 0.667. The summed E-state index contributed by atoms with van der Waals surface area (Å²) in [6.45, 7) is 8.18. The second-order valence-corrected chi connectivity index (χ2v) is 7.06. The number of aromatic nitrogens is 1. The SMILES string of the molecule is CC1(C)OB(c2cc(CC3CC3)cc(N)n2)OC1(C)C. The number of hydrogen-bond donors (Lipinski definition) is 1. The summed E-state index contributed by atoms with van der Waals surface area (Å²) < 4.78 is 12.1. The van der Waals surface area contributed by atoms with Crippen molar-refractivity contribution < 1.29 is 9.31 Å². The molecule has 0 aromatic carbocycles. The van der Waals surface area contributed by atoms with Crippen molar-refractivity contribution in [1.29, 1.82) is 0 Å². The van der Waals surface area contributed by atoms with Crippen LogP contribution in [0.4, 0.5) is 5.82 Å². The predicted molar refractivity (Wildman–Crippen MR) is 80.8 cm³/mol.